The Kier molecular flexibility index (Phi) is 10.9. The predicted molar refractivity (Wildman–Crippen MR) is 158 cm³/mol. The molecule has 1 unspecified atom stereocenters. The summed E-state index contributed by atoms with van der Waals surface area (Å²) in [4.78, 5) is 25.3. The smallest absolute Gasteiger partial charge is 0.328 e. The molecule has 1 fully saturated rings. The minimum absolute atomic E-state index is 0.0508. The molecule has 0 radical (unpaired) electrons. The van der Waals surface area contributed by atoms with Gasteiger partial charge in [0.15, 0.2) is 0 Å². The number of amides is 1. The summed E-state index contributed by atoms with van der Waals surface area (Å²) in [7, 11) is -2.06. The summed E-state index contributed by atoms with van der Waals surface area (Å²) < 4.78 is 38.0. The van der Waals surface area contributed by atoms with Crippen LogP contribution in [0.2, 0.25) is 0 Å². The molecule has 1 aliphatic heterocycles. The van der Waals surface area contributed by atoms with Gasteiger partial charge in [0, 0.05) is 25.9 Å². The van der Waals surface area contributed by atoms with Gasteiger partial charge in [-0.15, -0.1) is 0 Å². The Balaban J connectivity index is 1.23. The van der Waals surface area contributed by atoms with Gasteiger partial charge in [0.1, 0.15) is 18.4 Å². The van der Waals surface area contributed by atoms with Crippen molar-refractivity contribution >= 4 is 21.9 Å². The van der Waals surface area contributed by atoms with Gasteiger partial charge in [-0.05, 0) is 54.0 Å². The highest BCUT2D eigenvalue weighted by atomic mass is 32.2. The number of hydrogen-bond acceptors (Lipinski definition) is 6. The third-order valence-electron chi connectivity index (χ3n) is 7.36. The van der Waals surface area contributed by atoms with E-state index in [9.17, 15) is 18.0 Å². The van der Waals surface area contributed by atoms with E-state index in [1.807, 2.05) is 84.9 Å². The average molecular weight is 579 g/mol. The third kappa shape index (κ3) is 9.43. The number of carbonyl (C=O) groups is 2. The zero-order valence-electron chi connectivity index (χ0n) is 23.4. The molecule has 0 aliphatic carbocycles. The summed E-state index contributed by atoms with van der Waals surface area (Å²) in [6.45, 7) is 1.25. The van der Waals surface area contributed by atoms with Gasteiger partial charge in [0.2, 0.25) is 15.9 Å². The fraction of sp³-hybridized carbons (Fsp3) is 0.375. The van der Waals surface area contributed by atoms with Crippen molar-refractivity contribution in [3.05, 3.63) is 102 Å². The number of piperidine rings is 1. The number of methoxy groups -OCH3 is 1. The largest absolute Gasteiger partial charge is 0.489 e. The van der Waals surface area contributed by atoms with Crippen molar-refractivity contribution in [2.75, 3.05) is 26.0 Å². The summed E-state index contributed by atoms with van der Waals surface area (Å²) >= 11 is 0. The molecule has 1 heterocycles. The van der Waals surface area contributed by atoms with Gasteiger partial charge in [0.25, 0.3) is 0 Å². The van der Waals surface area contributed by atoms with Crippen molar-refractivity contribution in [2.45, 2.75) is 44.8 Å². The molecule has 41 heavy (non-hydrogen) atoms. The number of benzene rings is 3. The first kappa shape index (κ1) is 30.3. The Hall–Kier alpha value is -3.69. The monoisotopic (exact) mass is 578 g/mol. The van der Waals surface area contributed by atoms with Gasteiger partial charge in [-0.25, -0.2) is 17.5 Å². The van der Waals surface area contributed by atoms with Crippen LogP contribution in [0.5, 0.6) is 5.75 Å². The fourth-order valence-corrected chi connectivity index (χ4v) is 6.48. The molecule has 3 aromatic carbocycles. The number of rotatable bonds is 13. The molecule has 1 amide bonds. The minimum atomic E-state index is -3.36. The number of nitrogens with one attached hydrogen (secondary N) is 1. The van der Waals surface area contributed by atoms with E-state index in [4.69, 9.17) is 9.47 Å². The lowest BCUT2D eigenvalue weighted by Gasteiger charge is -2.31. The maximum Gasteiger partial charge on any atom is 0.328 e. The summed E-state index contributed by atoms with van der Waals surface area (Å²) in [5.74, 6) is 0.0820. The molecule has 1 aliphatic rings. The molecule has 0 aromatic heterocycles. The number of nitrogens with zero attached hydrogens (tertiary/aromatic N) is 1. The van der Waals surface area contributed by atoms with Gasteiger partial charge in [-0.3, -0.25) is 4.79 Å². The van der Waals surface area contributed by atoms with Crippen LogP contribution in [0.1, 0.15) is 36.0 Å². The van der Waals surface area contributed by atoms with Crippen LogP contribution in [0.3, 0.4) is 0 Å². The molecule has 8 nitrogen and oxygen atoms in total. The third-order valence-corrected chi connectivity index (χ3v) is 9.24. The first-order valence-corrected chi connectivity index (χ1v) is 15.6. The zero-order chi connectivity index (χ0) is 29.1. The standard InChI is InChI=1S/C32H38N2O6S/c1-39-32(36)30(22-26-12-14-29(15-13-26)40-24-28-10-6-3-7-11-28)33-31(35)23-27-16-19-34(20-17-27)41(37,38)21-18-25-8-4-2-5-9-25/h2-15,27,30H,16-24H2,1H3,(H,33,35). The molecular formula is C32H38N2O6S. The van der Waals surface area contributed by atoms with Crippen LogP contribution in [0.25, 0.3) is 0 Å². The Labute approximate surface area is 242 Å². The SMILES string of the molecule is COC(=O)C(Cc1ccc(OCc2ccccc2)cc1)NC(=O)CC1CCN(S(=O)(=O)CCc2ccccc2)CC1. The second-order valence-corrected chi connectivity index (χ2v) is 12.5. The molecule has 0 bridgehead atoms. The number of aryl methyl sites for hydroxylation is 1. The highest BCUT2D eigenvalue weighted by Crippen LogP contribution is 2.23. The Bertz CT molecular complexity index is 1360. The summed E-state index contributed by atoms with van der Waals surface area (Å²) in [6, 6.07) is 26.1. The van der Waals surface area contributed by atoms with E-state index < -0.39 is 22.0 Å². The highest BCUT2D eigenvalue weighted by Gasteiger charge is 2.30. The van der Waals surface area contributed by atoms with E-state index in [-0.39, 0.29) is 30.4 Å². The van der Waals surface area contributed by atoms with E-state index >= 15 is 0 Å². The number of carbonyl (C=O) groups excluding carboxylic acids is 2. The topological polar surface area (TPSA) is 102 Å². The lowest BCUT2D eigenvalue weighted by atomic mass is 9.94. The maximum atomic E-state index is 12.9. The van der Waals surface area contributed by atoms with Crippen LogP contribution in [0, 0.1) is 5.92 Å². The predicted octanol–water partition coefficient (Wildman–Crippen LogP) is 4.14. The van der Waals surface area contributed by atoms with E-state index in [2.05, 4.69) is 5.32 Å². The minimum Gasteiger partial charge on any atom is -0.489 e. The van der Waals surface area contributed by atoms with Crippen LogP contribution >= 0.6 is 0 Å². The van der Waals surface area contributed by atoms with Crippen LogP contribution in [-0.2, 0) is 43.8 Å². The van der Waals surface area contributed by atoms with E-state index in [0.29, 0.717) is 44.7 Å². The number of sulfonamides is 1. The quantitative estimate of drug-likeness (QED) is 0.306. The van der Waals surface area contributed by atoms with Gasteiger partial charge >= 0.3 is 5.97 Å². The lowest BCUT2D eigenvalue weighted by Crippen LogP contribution is -2.45. The van der Waals surface area contributed by atoms with Crippen molar-refractivity contribution in [3.63, 3.8) is 0 Å². The van der Waals surface area contributed by atoms with Gasteiger partial charge in [0.05, 0.1) is 12.9 Å². The molecule has 0 saturated carbocycles. The second kappa shape index (κ2) is 14.8. The molecule has 3 aromatic rings. The molecule has 1 saturated heterocycles. The number of esters is 1. The Morgan fingerprint density at radius 1 is 0.878 bits per heavy atom. The zero-order valence-corrected chi connectivity index (χ0v) is 24.2. The van der Waals surface area contributed by atoms with Crippen LogP contribution in [0.4, 0.5) is 0 Å². The maximum absolute atomic E-state index is 12.9. The molecule has 1 N–H and O–H groups in total. The second-order valence-electron chi connectivity index (χ2n) is 10.4. The molecule has 0 spiro atoms. The van der Waals surface area contributed by atoms with Crippen LogP contribution < -0.4 is 10.1 Å². The van der Waals surface area contributed by atoms with Gasteiger partial charge in [-0.1, -0.05) is 72.8 Å². The van der Waals surface area contributed by atoms with Crippen molar-refractivity contribution < 1.29 is 27.5 Å². The van der Waals surface area contributed by atoms with Crippen molar-refractivity contribution in [1.82, 2.24) is 9.62 Å². The van der Waals surface area contributed by atoms with E-state index in [1.54, 1.807) is 0 Å². The normalized spacial score (nSPS) is 15.1. The van der Waals surface area contributed by atoms with E-state index in [1.165, 1.54) is 11.4 Å². The Morgan fingerprint density at radius 2 is 1.49 bits per heavy atom. The molecule has 4 rings (SSSR count). The first-order chi connectivity index (χ1) is 19.8. The highest BCUT2D eigenvalue weighted by molar-refractivity contribution is 7.89. The van der Waals surface area contributed by atoms with E-state index in [0.717, 1.165) is 16.7 Å². The van der Waals surface area contributed by atoms with Gasteiger partial charge in [-0.2, -0.15) is 0 Å². The summed E-state index contributed by atoms with van der Waals surface area (Å²) in [6.07, 6.45) is 2.20. The van der Waals surface area contributed by atoms with Gasteiger partial charge < -0.3 is 14.8 Å². The number of ether oxygens (including phenoxy) is 2. The van der Waals surface area contributed by atoms with Crippen molar-refractivity contribution in [1.29, 1.82) is 0 Å². The first-order valence-electron chi connectivity index (χ1n) is 14.0. The number of hydrogen-bond donors (Lipinski definition) is 1. The molecular weight excluding hydrogens is 540 g/mol. The fourth-order valence-electron chi connectivity index (χ4n) is 4.96. The summed E-state index contributed by atoms with van der Waals surface area (Å²) in [5, 5.41) is 2.83. The molecule has 218 valence electrons. The Morgan fingerprint density at radius 3 is 2.10 bits per heavy atom. The average Bonchev–Trinajstić information content (AvgIpc) is 3.00. The van der Waals surface area contributed by atoms with Crippen LogP contribution in [-0.4, -0.2) is 56.6 Å². The van der Waals surface area contributed by atoms with Crippen molar-refractivity contribution in [3.8, 4) is 5.75 Å². The van der Waals surface area contributed by atoms with Crippen LogP contribution in [0.15, 0.2) is 84.9 Å². The van der Waals surface area contributed by atoms with Crippen molar-refractivity contribution in [2.24, 2.45) is 5.92 Å². The lowest BCUT2D eigenvalue weighted by molar-refractivity contribution is -0.145. The summed E-state index contributed by atoms with van der Waals surface area (Å²) in [5.41, 5.74) is 2.93. The molecule has 9 heteroatoms. The molecule has 1 atom stereocenters.